The molecule has 1 aliphatic heterocycles. The molecule has 1 aliphatic rings. The minimum absolute atomic E-state index is 0.693. The molecular formula is C11H17N. The Balaban J connectivity index is 2.59. The van der Waals surface area contributed by atoms with Gasteiger partial charge in [0.1, 0.15) is 0 Å². The van der Waals surface area contributed by atoms with Crippen molar-refractivity contribution in [2.75, 3.05) is 13.1 Å². The van der Waals surface area contributed by atoms with Crippen molar-refractivity contribution in [1.82, 2.24) is 5.32 Å². The molecule has 0 bridgehead atoms. The van der Waals surface area contributed by atoms with Crippen LogP contribution in [0.3, 0.4) is 0 Å². The first-order chi connectivity index (χ1) is 5.74. The number of nitrogens with one attached hydrogen (secondary N) is 1. The second kappa shape index (κ2) is 4.27. The summed E-state index contributed by atoms with van der Waals surface area (Å²) in [5.41, 5.74) is 2.69. The Morgan fingerprint density at radius 3 is 2.33 bits per heavy atom. The SMILES string of the molecule is C=C/C(=C\C=C(C)C)C1CNC1. The third kappa shape index (κ3) is 2.35. The van der Waals surface area contributed by atoms with Crippen LogP contribution in [0.1, 0.15) is 13.8 Å². The molecule has 0 radical (unpaired) electrons. The van der Waals surface area contributed by atoms with Crippen LogP contribution in [-0.2, 0) is 0 Å². The lowest BCUT2D eigenvalue weighted by Crippen LogP contribution is -2.42. The summed E-state index contributed by atoms with van der Waals surface area (Å²) in [6, 6.07) is 0. The third-order valence-corrected chi connectivity index (χ3v) is 2.10. The van der Waals surface area contributed by atoms with E-state index in [9.17, 15) is 0 Å². The normalized spacial score (nSPS) is 18.3. The van der Waals surface area contributed by atoms with E-state index in [2.05, 4.69) is 37.9 Å². The van der Waals surface area contributed by atoms with E-state index < -0.39 is 0 Å². The average molecular weight is 163 g/mol. The van der Waals surface area contributed by atoms with E-state index in [0.717, 1.165) is 13.1 Å². The standard InChI is InChI=1S/C11H17N/c1-4-10(6-5-9(2)3)11-7-12-8-11/h4-6,11-12H,1,7-8H2,2-3H3/b10-6+. The van der Waals surface area contributed by atoms with Crippen LogP contribution >= 0.6 is 0 Å². The molecule has 0 saturated carbocycles. The summed E-state index contributed by atoms with van der Waals surface area (Å²) in [6.45, 7) is 10.2. The van der Waals surface area contributed by atoms with Gasteiger partial charge in [0.05, 0.1) is 0 Å². The third-order valence-electron chi connectivity index (χ3n) is 2.10. The molecular weight excluding hydrogens is 146 g/mol. The summed E-state index contributed by atoms with van der Waals surface area (Å²) < 4.78 is 0. The van der Waals surface area contributed by atoms with Crippen molar-refractivity contribution < 1.29 is 0 Å². The van der Waals surface area contributed by atoms with Gasteiger partial charge in [0.15, 0.2) is 0 Å². The van der Waals surface area contributed by atoms with E-state index >= 15 is 0 Å². The van der Waals surface area contributed by atoms with E-state index in [1.165, 1.54) is 11.1 Å². The predicted molar refractivity (Wildman–Crippen MR) is 54.1 cm³/mol. The fraction of sp³-hybridized carbons (Fsp3) is 0.455. The average Bonchev–Trinajstić information content (AvgIpc) is 1.93. The zero-order valence-corrected chi connectivity index (χ0v) is 7.93. The van der Waals surface area contributed by atoms with Gasteiger partial charge in [-0.25, -0.2) is 0 Å². The molecule has 0 atom stereocenters. The van der Waals surface area contributed by atoms with Gasteiger partial charge in [-0.2, -0.15) is 0 Å². The van der Waals surface area contributed by atoms with Gasteiger partial charge in [0, 0.05) is 19.0 Å². The fourth-order valence-corrected chi connectivity index (χ4v) is 1.16. The monoisotopic (exact) mass is 163 g/mol. The highest BCUT2D eigenvalue weighted by Gasteiger charge is 2.18. The molecule has 12 heavy (non-hydrogen) atoms. The van der Waals surface area contributed by atoms with Crippen molar-refractivity contribution in [3.63, 3.8) is 0 Å². The van der Waals surface area contributed by atoms with Crippen LogP contribution in [0.5, 0.6) is 0 Å². The van der Waals surface area contributed by atoms with Gasteiger partial charge in [-0.1, -0.05) is 30.4 Å². The lowest BCUT2D eigenvalue weighted by atomic mass is 9.93. The fourth-order valence-electron chi connectivity index (χ4n) is 1.16. The number of rotatable bonds is 3. The molecule has 0 aromatic heterocycles. The van der Waals surface area contributed by atoms with Crippen molar-refractivity contribution >= 4 is 0 Å². The van der Waals surface area contributed by atoms with Gasteiger partial charge < -0.3 is 5.32 Å². The Morgan fingerprint density at radius 2 is 2.00 bits per heavy atom. The number of hydrogen-bond acceptors (Lipinski definition) is 1. The topological polar surface area (TPSA) is 12.0 Å². The maximum Gasteiger partial charge on any atom is 0.00883 e. The highest BCUT2D eigenvalue weighted by Crippen LogP contribution is 2.16. The lowest BCUT2D eigenvalue weighted by Gasteiger charge is -2.28. The molecule has 0 aromatic carbocycles. The maximum absolute atomic E-state index is 3.82. The zero-order chi connectivity index (χ0) is 8.97. The zero-order valence-electron chi connectivity index (χ0n) is 7.93. The molecule has 0 unspecified atom stereocenters. The summed E-state index contributed by atoms with van der Waals surface area (Å²) in [5.74, 6) is 0.693. The summed E-state index contributed by atoms with van der Waals surface area (Å²) >= 11 is 0. The number of allylic oxidation sites excluding steroid dienone is 4. The minimum Gasteiger partial charge on any atom is -0.315 e. The predicted octanol–water partition coefficient (Wildman–Crippen LogP) is 2.28. The van der Waals surface area contributed by atoms with E-state index in [-0.39, 0.29) is 0 Å². The highest BCUT2D eigenvalue weighted by molar-refractivity contribution is 5.28. The Bertz CT molecular complexity index is 215. The summed E-state index contributed by atoms with van der Waals surface area (Å²) in [7, 11) is 0. The Hall–Kier alpha value is -0.820. The van der Waals surface area contributed by atoms with Crippen molar-refractivity contribution in [2.45, 2.75) is 13.8 Å². The molecule has 0 aliphatic carbocycles. The summed E-state index contributed by atoms with van der Waals surface area (Å²) in [4.78, 5) is 0. The second-order valence-corrected chi connectivity index (χ2v) is 3.47. The second-order valence-electron chi connectivity index (χ2n) is 3.47. The van der Waals surface area contributed by atoms with Crippen LogP contribution in [-0.4, -0.2) is 13.1 Å². The van der Waals surface area contributed by atoms with Gasteiger partial charge in [0.25, 0.3) is 0 Å². The van der Waals surface area contributed by atoms with E-state index in [1.807, 2.05) is 6.08 Å². The number of hydrogen-bond donors (Lipinski definition) is 1. The van der Waals surface area contributed by atoms with Crippen LogP contribution in [0, 0.1) is 5.92 Å². The van der Waals surface area contributed by atoms with E-state index in [0.29, 0.717) is 5.92 Å². The first-order valence-corrected chi connectivity index (χ1v) is 4.42. The van der Waals surface area contributed by atoms with Crippen LogP contribution in [0.25, 0.3) is 0 Å². The van der Waals surface area contributed by atoms with Crippen LogP contribution in [0.4, 0.5) is 0 Å². The van der Waals surface area contributed by atoms with Gasteiger partial charge >= 0.3 is 0 Å². The molecule has 1 saturated heterocycles. The van der Waals surface area contributed by atoms with E-state index in [1.54, 1.807) is 0 Å². The van der Waals surface area contributed by atoms with Gasteiger partial charge in [-0.05, 0) is 19.4 Å². The molecule has 1 fully saturated rings. The van der Waals surface area contributed by atoms with Crippen LogP contribution in [0.15, 0.2) is 36.0 Å². The summed E-state index contributed by atoms with van der Waals surface area (Å²) in [5, 5.41) is 3.25. The van der Waals surface area contributed by atoms with Crippen LogP contribution < -0.4 is 5.32 Å². The van der Waals surface area contributed by atoms with Crippen molar-refractivity contribution in [1.29, 1.82) is 0 Å². The Morgan fingerprint density at radius 1 is 1.33 bits per heavy atom. The highest BCUT2D eigenvalue weighted by atomic mass is 14.9. The first-order valence-electron chi connectivity index (χ1n) is 4.42. The largest absolute Gasteiger partial charge is 0.315 e. The molecule has 1 rings (SSSR count). The molecule has 1 nitrogen and oxygen atoms in total. The van der Waals surface area contributed by atoms with Gasteiger partial charge in [-0.3, -0.25) is 0 Å². The molecule has 0 spiro atoms. The summed E-state index contributed by atoms with van der Waals surface area (Å²) in [6.07, 6.45) is 6.29. The first kappa shape index (κ1) is 9.27. The Kier molecular flexibility index (Phi) is 3.30. The van der Waals surface area contributed by atoms with Gasteiger partial charge in [-0.15, -0.1) is 0 Å². The molecule has 0 aromatic rings. The molecule has 1 N–H and O–H groups in total. The molecule has 1 heterocycles. The molecule has 1 heteroatoms. The lowest BCUT2D eigenvalue weighted by molar-refractivity contribution is 0.406. The van der Waals surface area contributed by atoms with Crippen molar-refractivity contribution in [2.24, 2.45) is 5.92 Å². The quantitative estimate of drug-likeness (QED) is 0.629. The van der Waals surface area contributed by atoms with Crippen LogP contribution in [0.2, 0.25) is 0 Å². The smallest absolute Gasteiger partial charge is 0.00883 e. The van der Waals surface area contributed by atoms with Gasteiger partial charge in [0.2, 0.25) is 0 Å². The molecule has 0 amide bonds. The van der Waals surface area contributed by atoms with E-state index in [4.69, 9.17) is 0 Å². The molecule has 66 valence electrons. The maximum atomic E-state index is 3.82. The minimum atomic E-state index is 0.693. The van der Waals surface area contributed by atoms with Crippen molar-refractivity contribution in [3.8, 4) is 0 Å². The van der Waals surface area contributed by atoms with Crippen molar-refractivity contribution in [3.05, 3.63) is 36.0 Å². The Labute approximate surface area is 74.9 Å².